The number of carbonyl (C=O) groups is 1. The number of hydrogen-bond donors (Lipinski definition) is 1. The molecule has 1 N–H and O–H groups in total. The molecule has 4 rings (SSSR count). The van der Waals surface area contributed by atoms with Gasteiger partial charge in [-0.3, -0.25) is 9.69 Å². The lowest BCUT2D eigenvalue weighted by atomic mass is 10.1. The summed E-state index contributed by atoms with van der Waals surface area (Å²) >= 11 is 0. The predicted octanol–water partition coefficient (Wildman–Crippen LogP) is 3.03. The van der Waals surface area contributed by atoms with E-state index in [4.69, 9.17) is 9.15 Å². The van der Waals surface area contributed by atoms with Crippen molar-refractivity contribution in [1.29, 1.82) is 0 Å². The summed E-state index contributed by atoms with van der Waals surface area (Å²) in [5, 5.41) is 11.0. The highest BCUT2D eigenvalue weighted by molar-refractivity contribution is 5.97. The molecule has 0 atom stereocenters. The maximum atomic E-state index is 12.2. The first-order chi connectivity index (χ1) is 14.5. The zero-order valence-corrected chi connectivity index (χ0v) is 17.1. The van der Waals surface area contributed by atoms with Gasteiger partial charge in [-0.1, -0.05) is 0 Å². The predicted molar refractivity (Wildman–Crippen MR) is 115 cm³/mol. The monoisotopic (exact) mass is 408 g/mol. The van der Waals surface area contributed by atoms with Gasteiger partial charge in [0.05, 0.1) is 12.7 Å². The molecule has 0 bridgehead atoms. The van der Waals surface area contributed by atoms with Gasteiger partial charge in [-0.15, -0.1) is 0 Å². The van der Waals surface area contributed by atoms with Gasteiger partial charge in [0, 0.05) is 43.8 Å². The fourth-order valence-corrected chi connectivity index (χ4v) is 3.81. The third-order valence-corrected chi connectivity index (χ3v) is 5.55. The van der Waals surface area contributed by atoms with Crippen LogP contribution in [0.5, 0.6) is 11.5 Å². The van der Waals surface area contributed by atoms with Crippen LogP contribution in [0.2, 0.25) is 0 Å². The van der Waals surface area contributed by atoms with Gasteiger partial charge >= 0.3 is 5.63 Å². The number of phenols is 1. The molecule has 3 aromatic rings. The lowest BCUT2D eigenvalue weighted by molar-refractivity contribution is 0.101. The van der Waals surface area contributed by atoms with Crippen LogP contribution in [0.1, 0.15) is 22.8 Å². The minimum Gasteiger partial charge on any atom is -0.507 e. The SMILES string of the molecule is COc1ccc(N2CCN(Cc3c(O)ccc4cc(C(C)=O)c(=O)oc34)CC2)cc1. The average molecular weight is 408 g/mol. The molecule has 1 aromatic heterocycles. The van der Waals surface area contributed by atoms with Crippen molar-refractivity contribution in [3.8, 4) is 11.5 Å². The number of nitrogens with zero attached hydrogens (tertiary/aromatic N) is 2. The first-order valence-corrected chi connectivity index (χ1v) is 9.87. The second-order valence-corrected chi connectivity index (χ2v) is 7.45. The first-order valence-electron chi connectivity index (χ1n) is 9.87. The number of ketones is 1. The number of hydrogen-bond acceptors (Lipinski definition) is 7. The molecule has 0 spiro atoms. The minimum atomic E-state index is -0.675. The Labute approximate surface area is 174 Å². The summed E-state index contributed by atoms with van der Waals surface area (Å²) in [6.07, 6.45) is 0. The Morgan fingerprint density at radius 2 is 1.80 bits per heavy atom. The van der Waals surface area contributed by atoms with Gasteiger partial charge in [0.2, 0.25) is 0 Å². The Bertz CT molecular complexity index is 1130. The Kier molecular flexibility index (Phi) is 5.46. The lowest BCUT2D eigenvalue weighted by Gasteiger charge is -2.36. The van der Waals surface area contributed by atoms with Crippen LogP contribution in [0.3, 0.4) is 0 Å². The lowest BCUT2D eigenvalue weighted by Crippen LogP contribution is -2.46. The van der Waals surface area contributed by atoms with Crippen molar-refractivity contribution in [3.63, 3.8) is 0 Å². The molecule has 0 radical (unpaired) electrons. The molecule has 7 heteroatoms. The minimum absolute atomic E-state index is 0.0206. The van der Waals surface area contributed by atoms with Gasteiger partial charge < -0.3 is 19.2 Å². The fourth-order valence-electron chi connectivity index (χ4n) is 3.81. The summed E-state index contributed by atoms with van der Waals surface area (Å²) in [5.74, 6) is 0.576. The number of fused-ring (bicyclic) bond motifs is 1. The molecular weight excluding hydrogens is 384 g/mol. The Morgan fingerprint density at radius 3 is 2.43 bits per heavy atom. The zero-order valence-electron chi connectivity index (χ0n) is 17.1. The third-order valence-electron chi connectivity index (χ3n) is 5.55. The van der Waals surface area contributed by atoms with Crippen molar-refractivity contribution < 1.29 is 19.1 Å². The first kappa shape index (κ1) is 20.0. The molecule has 156 valence electrons. The molecule has 2 aromatic carbocycles. The summed E-state index contributed by atoms with van der Waals surface area (Å²) in [7, 11) is 1.65. The highest BCUT2D eigenvalue weighted by Crippen LogP contribution is 2.29. The Balaban J connectivity index is 1.52. The van der Waals surface area contributed by atoms with Crippen LogP contribution >= 0.6 is 0 Å². The molecule has 1 fully saturated rings. The second-order valence-electron chi connectivity index (χ2n) is 7.45. The third kappa shape index (κ3) is 3.89. The van der Waals surface area contributed by atoms with E-state index in [-0.39, 0.29) is 17.1 Å². The number of aromatic hydroxyl groups is 1. The molecule has 1 aliphatic rings. The van der Waals surface area contributed by atoms with Gasteiger partial charge in [0.1, 0.15) is 22.6 Å². The summed E-state index contributed by atoms with van der Waals surface area (Å²) in [6, 6.07) is 12.8. The standard InChI is InChI=1S/C23H24N2O5/c1-15(26)19-13-16-3-8-21(27)20(22(16)30-23(19)28)14-24-9-11-25(12-10-24)17-4-6-18(29-2)7-5-17/h3-8,13,27H,9-12,14H2,1-2H3. The van der Waals surface area contributed by atoms with Gasteiger partial charge in [-0.2, -0.15) is 0 Å². The molecule has 7 nitrogen and oxygen atoms in total. The van der Waals surface area contributed by atoms with E-state index < -0.39 is 5.63 Å². The van der Waals surface area contributed by atoms with E-state index in [1.165, 1.54) is 13.0 Å². The molecule has 1 saturated heterocycles. The zero-order chi connectivity index (χ0) is 21.3. The number of piperazine rings is 1. The maximum Gasteiger partial charge on any atom is 0.347 e. The molecular formula is C23H24N2O5. The number of phenolic OH excluding ortho intramolecular Hbond substituents is 1. The number of rotatable bonds is 5. The van der Waals surface area contributed by atoms with Crippen LogP contribution in [0.25, 0.3) is 11.0 Å². The van der Waals surface area contributed by atoms with Crippen molar-refractivity contribution in [1.82, 2.24) is 4.90 Å². The van der Waals surface area contributed by atoms with Crippen molar-refractivity contribution >= 4 is 22.4 Å². The molecule has 30 heavy (non-hydrogen) atoms. The van der Waals surface area contributed by atoms with E-state index >= 15 is 0 Å². The topological polar surface area (TPSA) is 83.2 Å². The van der Waals surface area contributed by atoms with Crippen LogP contribution in [0.15, 0.2) is 51.7 Å². The number of ether oxygens (including phenoxy) is 1. The summed E-state index contributed by atoms with van der Waals surface area (Å²) < 4.78 is 10.6. The van der Waals surface area contributed by atoms with E-state index in [0.717, 1.165) is 37.6 Å². The van der Waals surface area contributed by atoms with Crippen LogP contribution in [-0.2, 0) is 6.54 Å². The van der Waals surface area contributed by atoms with E-state index in [2.05, 4.69) is 9.80 Å². The van der Waals surface area contributed by atoms with E-state index in [9.17, 15) is 14.7 Å². The smallest absolute Gasteiger partial charge is 0.347 e. The van der Waals surface area contributed by atoms with Crippen LogP contribution in [0, 0.1) is 0 Å². The molecule has 0 aliphatic carbocycles. The summed E-state index contributed by atoms with van der Waals surface area (Å²) in [4.78, 5) is 28.3. The van der Waals surface area contributed by atoms with Gasteiger partial charge in [0.25, 0.3) is 0 Å². The van der Waals surface area contributed by atoms with Crippen LogP contribution in [0.4, 0.5) is 5.69 Å². The molecule has 0 saturated carbocycles. The largest absolute Gasteiger partial charge is 0.507 e. The maximum absolute atomic E-state index is 12.2. The van der Waals surface area contributed by atoms with Crippen molar-refractivity contribution in [2.24, 2.45) is 0 Å². The van der Waals surface area contributed by atoms with Crippen molar-refractivity contribution in [3.05, 3.63) is 64.0 Å². The van der Waals surface area contributed by atoms with Crippen molar-refractivity contribution in [2.45, 2.75) is 13.5 Å². The highest BCUT2D eigenvalue weighted by Gasteiger charge is 2.21. The highest BCUT2D eigenvalue weighted by atomic mass is 16.5. The van der Waals surface area contributed by atoms with E-state index in [1.807, 2.05) is 24.3 Å². The molecule has 2 heterocycles. The average Bonchev–Trinajstić information content (AvgIpc) is 2.76. The second kappa shape index (κ2) is 8.20. The van der Waals surface area contributed by atoms with Gasteiger partial charge in [-0.25, -0.2) is 4.79 Å². The normalized spacial score (nSPS) is 14.8. The van der Waals surface area contributed by atoms with Gasteiger partial charge in [0.15, 0.2) is 5.78 Å². The molecule has 0 unspecified atom stereocenters. The summed E-state index contributed by atoms with van der Waals surface area (Å²) in [6.45, 7) is 5.09. The molecule has 1 aliphatic heterocycles. The van der Waals surface area contributed by atoms with Crippen LogP contribution in [-0.4, -0.2) is 49.1 Å². The molecule has 0 amide bonds. The Hall–Kier alpha value is -3.32. The van der Waals surface area contributed by atoms with E-state index in [0.29, 0.717) is 23.1 Å². The number of carbonyl (C=O) groups excluding carboxylic acids is 1. The summed E-state index contributed by atoms with van der Waals surface area (Å²) in [5.41, 5.74) is 1.39. The Morgan fingerprint density at radius 1 is 1.10 bits per heavy atom. The van der Waals surface area contributed by atoms with E-state index in [1.54, 1.807) is 19.2 Å². The number of Topliss-reactive ketones (excluding diaryl/α,β-unsaturated/α-hetero) is 1. The number of benzene rings is 2. The van der Waals surface area contributed by atoms with Crippen LogP contribution < -0.4 is 15.3 Å². The quantitative estimate of drug-likeness (QED) is 0.513. The van der Waals surface area contributed by atoms with Gasteiger partial charge in [-0.05, 0) is 49.4 Å². The fraction of sp³-hybridized carbons (Fsp3) is 0.304. The number of methoxy groups -OCH3 is 1. The van der Waals surface area contributed by atoms with Crippen molar-refractivity contribution in [2.75, 3.05) is 38.2 Å². The number of anilines is 1.